The van der Waals surface area contributed by atoms with Crippen molar-refractivity contribution in [2.75, 3.05) is 13.1 Å². The highest BCUT2D eigenvalue weighted by Crippen LogP contribution is 2.29. The third kappa shape index (κ3) is 3.31. The molecule has 3 heteroatoms. The van der Waals surface area contributed by atoms with E-state index in [1.165, 1.54) is 17.7 Å². The van der Waals surface area contributed by atoms with Crippen molar-refractivity contribution in [1.29, 1.82) is 0 Å². The maximum absolute atomic E-state index is 13.0. The first kappa shape index (κ1) is 14.2. The molecule has 1 aliphatic heterocycles. The summed E-state index contributed by atoms with van der Waals surface area (Å²) < 4.78 is 13.0. The monoisotopic (exact) mass is 284 g/mol. The Morgan fingerprint density at radius 3 is 2.43 bits per heavy atom. The van der Waals surface area contributed by atoms with Crippen molar-refractivity contribution in [1.82, 2.24) is 5.32 Å². The van der Waals surface area contributed by atoms with Crippen LogP contribution in [0.5, 0.6) is 0 Å². The van der Waals surface area contributed by atoms with Gasteiger partial charge in [0.25, 0.3) is 0 Å². The molecule has 0 aliphatic carbocycles. The lowest BCUT2D eigenvalue weighted by Crippen LogP contribution is -2.33. The second-order valence-corrected chi connectivity index (χ2v) is 5.75. The lowest BCUT2D eigenvalue weighted by atomic mass is 9.86. The van der Waals surface area contributed by atoms with Crippen molar-refractivity contribution < 1.29 is 4.39 Å². The Balaban J connectivity index is 1.83. The van der Waals surface area contributed by atoms with Gasteiger partial charge in [0.1, 0.15) is 5.82 Å². The molecule has 2 aromatic carbocycles. The minimum Gasteiger partial charge on any atom is -0.324 e. The number of halogens is 1. The topological polar surface area (TPSA) is 38.0 Å². The minimum atomic E-state index is -0.207. The molecule has 0 radical (unpaired) electrons. The quantitative estimate of drug-likeness (QED) is 0.905. The maximum atomic E-state index is 13.0. The Labute approximate surface area is 125 Å². The third-order valence-electron chi connectivity index (χ3n) is 4.34. The molecule has 0 aromatic heterocycles. The molecular formula is C18H21FN2. The molecule has 1 fully saturated rings. The Bertz CT molecular complexity index is 588. The minimum absolute atomic E-state index is 0.0764. The highest BCUT2D eigenvalue weighted by Gasteiger charge is 2.21. The van der Waals surface area contributed by atoms with Crippen molar-refractivity contribution in [3.8, 4) is 11.1 Å². The molecule has 0 saturated carbocycles. The van der Waals surface area contributed by atoms with E-state index in [1.807, 2.05) is 24.3 Å². The summed E-state index contributed by atoms with van der Waals surface area (Å²) in [4.78, 5) is 0. The van der Waals surface area contributed by atoms with E-state index in [9.17, 15) is 4.39 Å². The molecule has 1 aliphatic rings. The van der Waals surface area contributed by atoms with Crippen molar-refractivity contribution in [3.63, 3.8) is 0 Å². The van der Waals surface area contributed by atoms with Crippen LogP contribution < -0.4 is 11.1 Å². The maximum Gasteiger partial charge on any atom is 0.123 e. The van der Waals surface area contributed by atoms with Gasteiger partial charge in [-0.1, -0.05) is 30.3 Å². The molecular weight excluding hydrogens is 263 g/mol. The van der Waals surface area contributed by atoms with Gasteiger partial charge >= 0.3 is 0 Å². The van der Waals surface area contributed by atoms with Crippen molar-refractivity contribution in [3.05, 3.63) is 59.9 Å². The zero-order chi connectivity index (χ0) is 14.7. The van der Waals surface area contributed by atoms with Crippen molar-refractivity contribution in [2.24, 2.45) is 11.7 Å². The Morgan fingerprint density at radius 2 is 1.71 bits per heavy atom. The van der Waals surface area contributed by atoms with Crippen LogP contribution in [0.15, 0.2) is 48.5 Å². The van der Waals surface area contributed by atoms with Gasteiger partial charge in [-0.15, -0.1) is 0 Å². The van der Waals surface area contributed by atoms with Crippen LogP contribution in [0.3, 0.4) is 0 Å². The van der Waals surface area contributed by atoms with E-state index in [2.05, 4.69) is 17.4 Å². The Kier molecular flexibility index (Phi) is 4.32. The highest BCUT2D eigenvalue weighted by atomic mass is 19.1. The van der Waals surface area contributed by atoms with Crippen LogP contribution in [-0.2, 0) is 0 Å². The largest absolute Gasteiger partial charge is 0.324 e. The van der Waals surface area contributed by atoms with Crippen LogP contribution in [0.4, 0.5) is 4.39 Å². The normalized spacial score (nSPS) is 17.6. The molecule has 2 aromatic rings. The van der Waals surface area contributed by atoms with E-state index in [4.69, 9.17) is 5.73 Å². The van der Waals surface area contributed by atoms with E-state index in [-0.39, 0.29) is 11.9 Å². The molecule has 0 amide bonds. The van der Waals surface area contributed by atoms with Crippen LogP contribution in [0.1, 0.15) is 24.4 Å². The van der Waals surface area contributed by atoms with Gasteiger partial charge in [0, 0.05) is 6.04 Å². The molecule has 1 atom stereocenters. The summed E-state index contributed by atoms with van der Waals surface area (Å²) in [6, 6.07) is 15.0. The smallest absolute Gasteiger partial charge is 0.123 e. The summed E-state index contributed by atoms with van der Waals surface area (Å²) in [6.07, 6.45) is 2.25. The lowest BCUT2D eigenvalue weighted by molar-refractivity contribution is 0.322. The number of hydrogen-bond donors (Lipinski definition) is 2. The summed E-state index contributed by atoms with van der Waals surface area (Å²) in [5.41, 5.74) is 9.74. The number of rotatable bonds is 3. The second kappa shape index (κ2) is 6.37. The third-order valence-corrected chi connectivity index (χ3v) is 4.34. The lowest BCUT2D eigenvalue weighted by Gasteiger charge is -2.28. The van der Waals surface area contributed by atoms with Crippen molar-refractivity contribution in [2.45, 2.75) is 18.9 Å². The average molecular weight is 284 g/mol. The number of benzene rings is 2. The van der Waals surface area contributed by atoms with Crippen LogP contribution >= 0.6 is 0 Å². The first-order valence-electron chi connectivity index (χ1n) is 7.56. The van der Waals surface area contributed by atoms with Crippen LogP contribution in [0.2, 0.25) is 0 Å². The van der Waals surface area contributed by atoms with Gasteiger partial charge in [0.15, 0.2) is 0 Å². The van der Waals surface area contributed by atoms with Crippen LogP contribution in [0.25, 0.3) is 11.1 Å². The standard InChI is InChI=1S/C18H21FN2/c19-17-6-4-13(5-7-17)15-2-1-3-16(12-15)18(20)14-8-10-21-11-9-14/h1-7,12,14,18,21H,8-11,20H2. The number of hydrogen-bond acceptors (Lipinski definition) is 2. The fourth-order valence-corrected chi connectivity index (χ4v) is 3.04. The first-order chi connectivity index (χ1) is 10.2. The summed E-state index contributed by atoms with van der Waals surface area (Å²) in [5.74, 6) is 0.330. The molecule has 0 spiro atoms. The molecule has 3 rings (SSSR count). The molecule has 0 bridgehead atoms. The van der Waals surface area contributed by atoms with Crippen molar-refractivity contribution >= 4 is 0 Å². The second-order valence-electron chi connectivity index (χ2n) is 5.75. The summed E-state index contributed by atoms with van der Waals surface area (Å²) in [6.45, 7) is 2.10. The highest BCUT2D eigenvalue weighted by molar-refractivity contribution is 5.64. The summed E-state index contributed by atoms with van der Waals surface area (Å²) in [5, 5.41) is 3.37. The van der Waals surface area contributed by atoms with Crippen LogP contribution in [-0.4, -0.2) is 13.1 Å². The van der Waals surface area contributed by atoms with E-state index in [0.29, 0.717) is 5.92 Å². The number of nitrogens with one attached hydrogen (secondary N) is 1. The molecule has 1 saturated heterocycles. The summed E-state index contributed by atoms with van der Waals surface area (Å²) >= 11 is 0. The van der Waals surface area contributed by atoms with Gasteiger partial charge in [0.2, 0.25) is 0 Å². The molecule has 3 N–H and O–H groups in total. The average Bonchev–Trinajstić information content (AvgIpc) is 2.56. The zero-order valence-corrected chi connectivity index (χ0v) is 12.1. The van der Waals surface area contributed by atoms with Gasteiger partial charge in [-0.2, -0.15) is 0 Å². The summed E-state index contributed by atoms with van der Waals surface area (Å²) in [7, 11) is 0. The molecule has 1 heterocycles. The molecule has 110 valence electrons. The van der Waals surface area contributed by atoms with Gasteiger partial charge in [-0.05, 0) is 66.7 Å². The van der Waals surface area contributed by atoms with Gasteiger partial charge in [0.05, 0.1) is 0 Å². The SMILES string of the molecule is NC(c1cccc(-c2ccc(F)cc2)c1)C1CCNCC1. The first-order valence-corrected chi connectivity index (χ1v) is 7.56. The molecule has 2 nitrogen and oxygen atoms in total. The predicted molar refractivity (Wildman–Crippen MR) is 84.4 cm³/mol. The Morgan fingerprint density at radius 1 is 1.00 bits per heavy atom. The van der Waals surface area contributed by atoms with Crippen LogP contribution in [0, 0.1) is 11.7 Å². The van der Waals surface area contributed by atoms with Gasteiger partial charge in [-0.25, -0.2) is 4.39 Å². The molecule has 1 unspecified atom stereocenters. The predicted octanol–water partition coefficient (Wildman–Crippen LogP) is 3.49. The zero-order valence-electron chi connectivity index (χ0n) is 12.1. The number of nitrogens with two attached hydrogens (primary N) is 1. The fourth-order valence-electron chi connectivity index (χ4n) is 3.04. The van der Waals surface area contributed by atoms with Gasteiger partial charge < -0.3 is 11.1 Å². The van der Waals surface area contributed by atoms with E-state index in [0.717, 1.165) is 37.1 Å². The van der Waals surface area contributed by atoms with E-state index < -0.39 is 0 Å². The van der Waals surface area contributed by atoms with E-state index in [1.54, 1.807) is 0 Å². The fraction of sp³-hybridized carbons (Fsp3) is 0.333. The Hall–Kier alpha value is -1.71. The van der Waals surface area contributed by atoms with Gasteiger partial charge in [-0.3, -0.25) is 0 Å². The molecule has 21 heavy (non-hydrogen) atoms. The van der Waals surface area contributed by atoms with E-state index >= 15 is 0 Å². The number of piperidine rings is 1.